The second kappa shape index (κ2) is 4.55. The molecule has 0 aliphatic carbocycles. The predicted molar refractivity (Wildman–Crippen MR) is 49.5 cm³/mol. The minimum Gasteiger partial charge on any atom is -0.461 e. The molecule has 14 heavy (non-hydrogen) atoms. The van der Waals surface area contributed by atoms with Crippen LogP contribution in [0.1, 0.15) is 10.6 Å². The van der Waals surface area contributed by atoms with E-state index in [1.165, 1.54) is 26.1 Å². The maximum absolute atomic E-state index is 11.3. The largest absolute Gasteiger partial charge is 0.461 e. The second-order valence-electron chi connectivity index (χ2n) is 2.63. The van der Waals surface area contributed by atoms with Crippen molar-refractivity contribution in [1.82, 2.24) is 0 Å². The van der Waals surface area contributed by atoms with Gasteiger partial charge in [-0.05, 0) is 12.1 Å². The molecular formula is C8H11O5P. The maximum atomic E-state index is 11.3. The first-order valence-corrected chi connectivity index (χ1v) is 5.88. The van der Waals surface area contributed by atoms with E-state index >= 15 is 0 Å². The number of ketones is 1. The van der Waals surface area contributed by atoms with Gasteiger partial charge < -0.3 is 13.5 Å². The van der Waals surface area contributed by atoms with E-state index in [0.29, 0.717) is 0 Å². The lowest BCUT2D eigenvalue weighted by Crippen LogP contribution is -2.07. The van der Waals surface area contributed by atoms with Crippen molar-refractivity contribution in [1.29, 1.82) is 0 Å². The molecule has 0 aliphatic rings. The van der Waals surface area contributed by atoms with Crippen molar-refractivity contribution in [2.75, 3.05) is 20.4 Å². The Balaban J connectivity index is 2.48. The van der Waals surface area contributed by atoms with Crippen LogP contribution in [0.2, 0.25) is 0 Å². The molecule has 1 aromatic heterocycles. The van der Waals surface area contributed by atoms with Gasteiger partial charge in [0, 0.05) is 13.8 Å². The smallest absolute Gasteiger partial charge is 0.327 e. The number of hydrogen-bond donors (Lipinski definition) is 0. The van der Waals surface area contributed by atoms with Gasteiger partial charge >= 0.3 is 7.60 Å². The van der Waals surface area contributed by atoms with Gasteiger partial charge in [0.1, 0.15) is 6.61 Å². The lowest BCUT2D eigenvalue weighted by Gasteiger charge is -2.09. The molecule has 0 bridgehead atoms. The highest BCUT2D eigenvalue weighted by molar-refractivity contribution is 7.52. The molecule has 78 valence electrons. The number of furan rings is 1. The number of Topliss-reactive ketones (excluding diaryl/α,β-unsaturated/α-hetero) is 1. The highest BCUT2D eigenvalue weighted by Crippen LogP contribution is 2.42. The van der Waals surface area contributed by atoms with Gasteiger partial charge in [0.2, 0.25) is 5.78 Å². The molecule has 0 aliphatic heterocycles. The summed E-state index contributed by atoms with van der Waals surface area (Å²) in [5.74, 6) is -0.185. The van der Waals surface area contributed by atoms with Crippen LogP contribution in [0.4, 0.5) is 0 Å². The van der Waals surface area contributed by atoms with Crippen LogP contribution in [-0.4, -0.2) is 26.2 Å². The minimum absolute atomic E-state index is 0.182. The van der Waals surface area contributed by atoms with Gasteiger partial charge in [-0.1, -0.05) is 0 Å². The third-order valence-corrected chi connectivity index (χ3v) is 2.82. The van der Waals surface area contributed by atoms with E-state index in [1.807, 2.05) is 0 Å². The molecule has 0 saturated carbocycles. The number of rotatable bonds is 5. The molecule has 0 saturated heterocycles. The summed E-state index contributed by atoms with van der Waals surface area (Å²) in [6.07, 6.45) is 1.38. The first-order chi connectivity index (χ1) is 6.55. The fourth-order valence-corrected chi connectivity index (χ4v) is 1.19. The Morgan fingerprint density at radius 1 is 1.64 bits per heavy atom. The Bertz CT molecular complexity index is 343. The summed E-state index contributed by atoms with van der Waals surface area (Å²) >= 11 is 0. The SMILES string of the molecule is COP(C)(=O)OCC(=O)c1ccco1. The Morgan fingerprint density at radius 3 is 2.86 bits per heavy atom. The topological polar surface area (TPSA) is 65.7 Å². The summed E-state index contributed by atoms with van der Waals surface area (Å²) in [5.41, 5.74) is 0. The summed E-state index contributed by atoms with van der Waals surface area (Å²) in [4.78, 5) is 11.3. The molecule has 5 nitrogen and oxygen atoms in total. The summed E-state index contributed by atoms with van der Waals surface area (Å²) in [6.45, 7) is 0.984. The van der Waals surface area contributed by atoms with Gasteiger partial charge in [0.15, 0.2) is 5.76 Å². The van der Waals surface area contributed by atoms with Gasteiger partial charge in [-0.25, -0.2) is 0 Å². The van der Waals surface area contributed by atoms with Crippen molar-refractivity contribution in [2.45, 2.75) is 0 Å². The molecule has 6 heteroatoms. The molecule has 1 heterocycles. The fourth-order valence-electron chi connectivity index (χ4n) is 0.737. The molecular weight excluding hydrogens is 207 g/mol. The van der Waals surface area contributed by atoms with Crippen LogP contribution >= 0.6 is 7.60 Å². The van der Waals surface area contributed by atoms with Crippen LogP contribution in [0.15, 0.2) is 22.8 Å². The maximum Gasteiger partial charge on any atom is 0.327 e. The molecule has 1 atom stereocenters. The zero-order valence-corrected chi connectivity index (χ0v) is 8.82. The zero-order chi connectivity index (χ0) is 10.6. The van der Waals surface area contributed by atoms with E-state index in [1.54, 1.807) is 6.07 Å². The average molecular weight is 218 g/mol. The number of hydrogen-bond acceptors (Lipinski definition) is 5. The van der Waals surface area contributed by atoms with E-state index in [-0.39, 0.29) is 18.2 Å². The van der Waals surface area contributed by atoms with Crippen molar-refractivity contribution in [2.24, 2.45) is 0 Å². The predicted octanol–water partition coefficient (Wildman–Crippen LogP) is 1.95. The van der Waals surface area contributed by atoms with Crippen LogP contribution in [0.5, 0.6) is 0 Å². The highest BCUT2D eigenvalue weighted by atomic mass is 31.2. The van der Waals surface area contributed by atoms with E-state index in [2.05, 4.69) is 4.52 Å². The van der Waals surface area contributed by atoms with Crippen LogP contribution in [0, 0.1) is 0 Å². The van der Waals surface area contributed by atoms with Gasteiger partial charge in [0.25, 0.3) is 0 Å². The Kier molecular flexibility index (Phi) is 3.63. The molecule has 0 amide bonds. The Morgan fingerprint density at radius 2 is 2.36 bits per heavy atom. The van der Waals surface area contributed by atoms with Crippen molar-refractivity contribution in [3.63, 3.8) is 0 Å². The van der Waals surface area contributed by atoms with Crippen molar-refractivity contribution >= 4 is 13.4 Å². The molecule has 0 radical (unpaired) electrons. The van der Waals surface area contributed by atoms with E-state index in [9.17, 15) is 9.36 Å². The second-order valence-corrected chi connectivity index (χ2v) is 4.79. The van der Waals surface area contributed by atoms with E-state index < -0.39 is 7.60 Å². The summed E-state index contributed by atoms with van der Waals surface area (Å²) in [7, 11) is -1.83. The molecule has 0 fully saturated rings. The third-order valence-electron chi connectivity index (χ3n) is 1.56. The standard InChI is InChI=1S/C8H11O5P/c1-11-14(2,10)13-6-7(9)8-4-3-5-12-8/h3-5H,6H2,1-2H3. The van der Waals surface area contributed by atoms with Crippen molar-refractivity contribution in [3.05, 3.63) is 24.2 Å². The zero-order valence-electron chi connectivity index (χ0n) is 7.93. The first kappa shape index (κ1) is 11.2. The van der Waals surface area contributed by atoms with Gasteiger partial charge in [0.05, 0.1) is 6.26 Å². The van der Waals surface area contributed by atoms with Gasteiger partial charge in [-0.3, -0.25) is 9.36 Å². The van der Waals surface area contributed by atoms with Crippen LogP contribution < -0.4 is 0 Å². The summed E-state index contributed by atoms with van der Waals surface area (Å²) < 4.78 is 25.4. The summed E-state index contributed by atoms with van der Waals surface area (Å²) in [6, 6.07) is 3.11. The summed E-state index contributed by atoms with van der Waals surface area (Å²) in [5, 5.41) is 0. The van der Waals surface area contributed by atoms with Gasteiger partial charge in [-0.15, -0.1) is 0 Å². The number of carbonyl (C=O) groups is 1. The molecule has 1 unspecified atom stereocenters. The van der Waals surface area contributed by atoms with Crippen LogP contribution in [-0.2, 0) is 13.6 Å². The third kappa shape index (κ3) is 3.10. The van der Waals surface area contributed by atoms with Crippen molar-refractivity contribution < 1.29 is 22.8 Å². The normalized spacial score (nSPS) is 15.0. The molecule has 1 rings (SSSR count). The highest BCUT2D eigenvalue weighted by Gasteiger charge is 2.18. The average Bonchev–Trinajstić information content (AvgIpc) is 2.67. The first-order valence-electron chi connectivity index (χ1n) is 3.89. The molecule has 0 N–H and O–H groups in total. The molecule has 0 aromatic carbocycles. The van der Waals surface area contributed by atoms with E-state index in [4.69, 9.17) is 8.94 Å². The van der Waals surface area contributed by atoms with E-state index in [0.717, 1.165) is 0 Å². The lowest BCUT2D eigenvalue weighted by molar-refractivity contribution is 0.0879. The Hall–Kier alpha value is -0.900. The quantitative estimate of drug-likeness (QED) is 0.558. The minimum atomic E-state index is -3.09. The van der Waals surface area contributed by atoms with Gasteiger partial charge in [-0.2, -0.15) is 0 Å². The molecule has 0 spiro atoms. The number of carbonyl (C=O) groups excluding carboxylic acids is 1. The fraction of sp³-hybridized carbons (Fsp3) is 0.375. The van der Waals surface area contributed by atoms with Crippen molar-refractivity contribution in [3.8, 4) is 0 Å². The molecule has 1 aromatic rings. The van der Waals surface area contributed by atoms with Crippen LogP contribution in [0.3, 0.4) is 0 Å². The monoisotopic (exact) mass is 218 g/mol. The lowest BCUT2D eigenvalue weighted by atomic mass is 10.3. The van der Waals surface area contributed by atoms with Crippen LogP contribution in [0.25, 0.3) is 0 Å². The Labute approximate surface area is 81.5 Å².